The molecule has 0 aliphatic carbocycles. The van der Waals surface area contributed by atoms with Gasteiger partial charge in [0.15, 0.2) is 0 Å². The van der Waals surface area contributed by atoms with Gasteiger partial charge in [-0.3, -0.25) is 4.79 Å². The monoisotopic (exact) mass is 732 g/mol. The molecule has 0 atom stereocenters. The average Bonchev–Trinajstić information content (AvgIpc) is 2.73. The standard InChI is InChI=1S/C23H15I3N2O2/c24-18-6-8-19(9-7-18)28-23(29)17(13-27)10-16-11-20(25)22(21(26)12-16)30-14-15-4-2-1-3-5-15/h1-12H,14H2,(H,28,29)/b17-10+. The first-order valence-electron chi connectivity index (χ1n) is 8.81. The van der Waals surface area contributed by atoms with Gasteiger partial charge < -0.3 is 10.1 Å². The molecule has 0 heterocycles. The van der Waals surface area contributed by atoms with Crippen LogP contribution in [-0.2, 0) is 11.4 Å². The molecule has 3 aromatic carbocycles. The lowest BCUT2D eigenvalue weighted by molar-refractivity contribution is -0.112. The van der Waals surface area contributed by atoms with Crippen LogP contribution in [0.4, 0.5) is 5.69 Å². The first kappa shape index (κ1) is 23.0. The zero-order valence-corrected chi connectivity index (χ0v) is 22.0. The molecule has 4 nitrogen and oxygen atoms in total. The molecule has 3 aromatic rings. The number of anilines is 1. The molecule has 0 unspecified atom stereocenters. The molecule has 3 rings (SSSR count). The van der Waals surface area contributed by atoms with Gasteiger partial charge in [-0.25, -0.2) is 0 Å². The Morgan fingerprint density at radius 1 is 1.00 bits per heavy atom. The lowest BCUT2D eigenvalue weighted by atomic mass is 10.1. The third kappa shape index (κ3) is 6.42. The van der Waals surface area contributed by atoms with Crippen molar-refractivity contribution < 1.29 is 9.53 Å². The van der Waals surface area contributed by atoms with Crippen LogP contribution < -0.4 is 10.1 Å². The van der Waals surface area contributed by atoms with Gasteiger partial charge in [0.1, 0.15) is 24.0 Å². The van der Waals surface area contributed by atoms with Crippen LogP contribution in [-0.4, -0.2) is 5.91 Å². The molecule has 0 fully saturated rings. The molecule has 0 spiro atoms. The minimum Gasteiger partial charge on any atom is -0.487 e. The highest BCUT2D eigenvalue weighted by Gasteiger charge is 2.13. The summed E-state index contributed by atoms with van der Waals surface area (Å²) in [5.74, 6) is 0.354. The molecular weight excluding hydrogens is 717 g/mol. The molecule has 1 N–H and O–H groups in total. The Labute approximate surface area is 216 Å². The van der Waals surface area contributed by atoms with Crippen molar-refractivity contribution in [1.82, 2.24) is 0 Å². The summed E-state index contributed by atoms with van der Waals surface area (Å²) in [6.45, 7) is 0.476. The van der Waals surface area contributed by atoms with Crippen molar-refractivity contribution in [2.45, 2.75) is 6.61 Å². The van der Waals surface area contributed by atoms with Crippen molar-refractivity contribution in [3.8, 4) is 11.8 Å². The average molecular weight is 732 g/mol. The first-order valence-corrected chi connectivity index (χ1v) is 12.0. The number of hydrogen-bond donors (Lipinski definition) is 1. The maximum atomic E-state index is 12.5. The topological polar surface area (TPSA) is 62.1 Å². The second-order valence-electron chi connectivity index (χ2n) is 6.22. The van der Waals surface area contributed by atoms with Crippen LogP contribution in [0.25, 0.3) is 6.08 Å². The maximum Gasteiger partial charge on any atom is 0.266 e. The van der Waals surface area contributed by atoms with E-state index in [1.165, 1.54) is 0 Å². The van der Waals surface area contributed by atoms with Crippen molar-refractivity contribution >= 4 is 85.4 Å². The van der Waals surface area contributed by atoms with E-state index in [1.54, 1.807) is 18.2 Å². The predicted octanol–water partition coefficient (Wildman–Crippen LogP) is 6.63. The molecule has 0 aliphatic heterocycles. The number of nitrogens with one attached hydrogen (secondary N) is 1. The molecule has 0 aromatic heterocycles. The molecule has 7 heteroatoms. The quantitative estimate of drug-likeness (QED) is 0.176. The lowest BCUT2D eigenvalue weighted by Crippen LogP contribution is -2.13. The van der Waals surface area contributed by atoms with Gasteiger partial charge in [0, 0.05) is 9.26 Å². The molecule has 0 aliphatic rings. The SMILES string of the molecule is N#C/C(=C\c1cc(I)c(OCc2ccccc2)c(I)c1)C(=O)Nc1ccc(I)cc1. The molecular formula is C23H15I3N2O2. The van der Waals surface area contributed by atoms with E-state index in [2.05, 4.69) is 73.1 Å². The molecule has 0 saturated heterocycles. The number of halogens is 3. The third-order valence-corrected chi connectivity index (χ3v) is 6.35. The van der Waals surface area contributed by atoms with Crippen LogP contribution in [0.2, 0.25) is 0 Å². The smallest absolute Gasteiger partial charge is 0.266 e. The van der Waals surface area contributed by atoms with E-state index in [9.17, 15) is 10.1 Å². The minimum atomic E-state index is -0.437. The number of ether oxygens (including phenoxy) is 1. The number of hydrogen-bond acceptors (Lipinski definition) is 3. The first-order chi connectivity index (χ1) is 14.5. The largest absolute Gasteiger partial charge is 0.487 e. The Morgan fingerprint density at radius 2 is 1.63 bits per heavy atom. The Bertz CT molecular complexity index is 1100. The summed E-state index contributed by atoms with van der Waals surface area (Å²) in [7, 11) is 0. The second kappa shape index (κ2) is 11.1. The Kier molecular flexibility index (Phi) is 8.52. The molecule has 0 bridgehead atoms. The van der Waals surface area contributed by atoms with Gasteiger partial charge in [0.2, 0.25) is 0 Å². The summed E-state index contributed by atoms with van der Waals surface area (Å²) in [5.41, 5.74) is 2.55. The number of carbonyl (C=O) groups excluding carboxylic acids is 1. The maximum absolute atomic E-state index is 12.5. The van der Waals surface area contributed by atoms with Gasteiger partial charge in [-0.05, 0) is 121 Å². The molecule has 0 radical (unpaired) electrons. The van der Waals surface area contributed by atoms with E-state index in [1.807, 2.05) is 60.7 Å². The summed E-state index contributed by atoms with van der Waals surface area (Å²) in [4.78, 5) is 12.5. The van der Waals surface area contributed by atoms with E-state index in [0.29, 0.717) is 12.3 Å². The number of nitriles is 1. The van der Waals surface area contributed by atoms with E-state index < -0.39 is 5.91 Å². The molecule has 30 heavy (non-hydrogen) atoms. The highest BCUT2D eigenvalue weighted by atomic mass is 127. The number of nitrogens with zero attached hydrogens (tertiary/aromatic N) is 1. The van der Waals surface area contributed by atoms with Crippen molar-refractivity contribution in [1.29, 1.82) is 5.26 Å². The van der Waals surface area contributed by atoms with Gasteiger partial charge in [0.25, 0.3) is 5.91 Å². The second-order valence-corrected chi connectivity index (χ2v) is 9.79. The summed E-state index contributed by atoms with van der Waals surface area (Å²) in [6, 6.07) is 23.2. The van der Waals surface area contributed by atoms with Crippen LogP contribution in [0.5, 0.6) is 5.75 Å². The normalized spacial score (nSPS) is 10.9. The highest BCUT2D eigenvalue weighted by molar-refractivity contribution is 14.1. The van der Waals surface area contributed by atoms with Gasteiger partial charge in [-0.2, -0.15) is 5.26 Å². The lowest BCUT2D eigenvalue weighted by Gasteiger charge is -2.12. The fourth-order valence-electron chi connectivity index (χ4n) is 2.58. The van der Waals surface area contributed by atoms with Crippen molar-refractivity contribution in [2.24, 2.45) is 0 Å². The number of amides is 1. The molecule has 150 valence electrons. The molecule has 0 saturated carbocycles. The van der Waals surface area contributed by atoms with Crippen LogP contribution in [0.1, 0.15) is 11.1 Å². The van der Waals surface area contributed by atoms with E-state index >= 15 is 0 Å². The Balaban J connectivity index is 1.76. The minimum absolute atomic E-state index is 0.0399. The summed E-state index contributed by atoms with van der Waals surface area (Å²) in [6.07, 6.45) is 1.59. The van der Waals surface area contributed by atoms with Crippen LogP contribution in [0, 0.1) is 22.0 Å². The summed E-state index contributed by atoms with van der Waals surface area (Å²) >= 11 is 6.61. The Hall–Kier alpha value is -1.65. The van der Waals surface area contributed by atoms with Crippen LogP contribution in [0.15, 0.2) is 72.3 Å². The molecule has 1 amide bonds. The summed E-state index contributed by atoms with van der Waals surface area (Å²) < 4.78 is 8.89. The van der Waals surface area contributed by atoms with Crippen molar-refractivity contribution in [3.05, 3.63) is 94.1 Å². The van der Waals surface area contributed by atoms with E-state index in [4.69, 9.17) is 4.74 Å². The fourth-order valence-corrected chi connectivity index (χ4v) is 5.06. The van der Waals surface area contributed by atoms with Crippen LogP contribution >= 0.6 is 67.8 Å². The third-order valence-electron chi connectivity index (χ3n) is 4.02. The zero-order valence-electron chi connectivity index (χ0n) is 15.5. The predicted molar refractivity (Wildman–Crippen MR) is 144 cm³/mol. The van der Waals surface area contributed by atoms with Crippen molar-refractivity contribution in [2.75, 3.05) is 5.32 Å². The Morgan fingerprint density at radius 3 is 2.23 bits per heavy atom. The summed E-state index contributed by atoms with van der Waals surface area (Å²) in [5, 5.41) is 12.2. The number of carbonyl (C=O) groups is 1. The highest BCUT2D eigenvalue weighted by Crippen LogP contribution is 2.30. The van der Waals surface area contributed by atoms with Crippen LogP contribution in [0.3, 0.4) is 0 Å². The van der Waals surface area contributed by atoms with E-state index in [0.717, 1.165) is 27.6 Å². The fraction of sp³-hybridized carbons (Fsp3) is 0.0435. The van der Waals surface area contributed by atoms with Gasteiger partial charge in [-0.15, -0.1) is 0 Å². The van der Waals surface area contributed by atoms with Gasteiger partial charge in [-0.1, -0.05) is 30.3 Å². The van der Waals surface area contributed by atoms with Crippen molar-refractivity contribution in [3.63, 3.8) is 0 Å². The van der Waals surface area contributed by atoms with Gasteiger partial charge in [0.05, 0.1) is 7.14 Å². The van der Waals surface area contributed by atoms with E-state index in [-0.39, 0.29) is 5.57 Å². The zero-order chi connectivity index (χ0) is 21.5. The van der Waals surface area contributed by atoms with Gasteiger partial charge >= 0.3 is 0 Å². The number of benzene rings is 3. The number of rotatable bonds is 6.